The summed E-state index contributed by atoms with van der Waals surface area (Å²) in [6, 6.07) is 4.50. The minimum atomic E-state index is -3.63. The van der Waals surface area contributed by atoms with Gasteiger partial charge in [0.1, 0.15) is 4.90 Å². The first-order chi connectivity index (χ1) is 11.4. The molecule has 3 rings (SSSR count). The fourth-order valence-corrected chi connectivity index (χ4v) is 5.64. The number of nitrogens with zero attached hydrogens (tertiary/aromatic N) is 3. The van der Waals surface area contributed by atoms with Gasteiger partial charge in [-0.25, -0.2) is 13.4 Å². The summed E-state index contributed by atoms with van der Waals surface area (Å²) in [6.45, 7) is 5.00. The molecular formula is C15H17Cl2N3O2S2. The van der Waals surface area contributed by atoms with Crippen LogP contribution in [0.5, 0.6) is 0 Å². The lowest BCUT2D eigenvalue weighted by atomic mass is 10.3. The highest BCUT2D eigenvalue weighted by atomic mass is 35.5. The normalized spacial score (nSPS) is 17.3. The number of hydrogen-bond donors (Lipinski definition) is 0. The van der Waals surface area contributed by atoms with Crippen molar-refractivity contribution >= 4 is 44.6 Å². The molecule has 9 heteroatoms. The summed E-state index contributed by atoms with van der Waals surface area (Å²) >= 11 is 13.7. The molecule has 0 radical (unpaired) electrons. The van der Waals surface area contributed by atoms with E-state index in [2.05, 4.69) is 9.88 Å². The Morgan fingerprint density at radius 2 is 1.92 bits per heavy atom. The van der Waals surface area contributed by atoms with Crippen LogP contribution in [0.4, 0.5) is 0 Å². The van der Waals surface area contributed by atoms with Gasteiger partial charge < -0.3 is 0 Å². The Labute approximate surface area is 155 Å². The molecule has 2 heterocycles. The lowest BCUT2D eigenvalue weighted by molar-refractivity contribution is 0.183. The standard InChI is InChI=1S/C15H17Cl2N3O2S2/c1-11-18-9-13(23-11)10-19-4-6-20(7-5-19)24(21,22)15-8-12(16)2-3-14(15)17/h2-3,8-9H,4-7,10H2,1H3. The first-order valence-corrected chi connectivity index (χ1v) is 10.5. The molecule has 1 aliphatic rings. The maximum Gasteiger partial charge on any atom is 0.244 e. The van der Waals surface area contributed by atoms with Crippen molar-refractivity contribution in [2.45, 2.75) is 18.4 Å². The fraction of sp³-hybridized carbons (Fsp3) is 0.400. The first kappa shape index (κ1) is 18.1. The smallest absolute Gasteiger partial charge is 0.244 e. The molecule has 2 aromatic rings. The molecular weight excluding hydrogens is 389 g/mol. The van der Waals surface area contributed by atoms with E-state index in [0.717, 1.165) is 11.6 Å². The van der Waals surface area contributed by atoms with E-state index in [-0.39, 0.29) is 9.92 Å². The number of rotatable bonds is 4. The first-order valence-electron chi connectivity index (χ1n) is 7.45. The summed E-state index contributed by atoms with van der Waals surface area (Å²) in [4.78, 5) is 7.76. The molecule has 1 aromatic heterocycles. The van der Waals surface area contributed by atoms with Crippen molar-refractivity contribution in [3.05, 3.63) is 44.3 Å². The molecule has 1 fully saturated rings. The highest BCUT2D eigenvalue weighted by Crippen LogP contribution is 2.28. The van der Waals surface area contributed by atoms with Gasteiger partial charge in [-0.2, -0.15) is 4.31 Å². The number of aromatic nitrogens is 1. The predicted octanol–water partition coefficient (Wildman–Crippen LogP) is 3.26. The van der Waals surface area contributed by atoms with Gasteiger partial charge in [-0.05, 0) is 25.1 Å². The van der Waals surface area contributed by atoms with Crippen LogP contribution in [0.1, 0.15) is 9.88 Å². The molecule has 0 atom stereocenters. The minimum Gasteiger partial charge on any atom is -0.296 e. The van der Waals surface area contributed by atoms with Crippen molar-refractivity contribution in [3.8, 4) is 0 Å². The second-order valence-corrected chi connectivity index (χ2v) is 9.67. The molecule has 0 N–H and O–H groups in total. The second-order valence-electron chi connectivity index (χ2n) is 5.60. The Morgan fingerprint density at radius 3 is 2.54 bits per heavy atom. The average Bonchev–Trinajstić information content (AvgIpc) is 2.95. The predicted molar refractivity (Wildman–Crippen MR) is 97.3 cm³/mol. The third-order valence-electron chi connectivity index (χ3n) is 3.89. The van der Waals surface area contributed by atoms with Gasteiger partial charge in [0.05, 0.1) is 10.0 Å². The SMILES string of the molecule is Cc1ncc(CN2CCN(S(=O)(=O)c3cc(Cl)ccc3Cl)CC2)s1. The molecule has 1 aliphatic heterocycles. The highest BCUT2D eigenvalue weighted by Gasteiger charge is 2.30. The molecule has 0 unspecified atom stereocenters. The third-order valence-corrected chi connectivity index (χ3v) is 7.40. The Kier molecular flexibility index (Phi) is 5.48. The Balaban J connectivity index is 1.68. The van der Waals surface area contributed by atoms with Gasteiger partial charge in [0, 0.05) is 48.8 Å². The zero-order valence-corrected chi connectivity index (χ0v) is 16.2. The molecule has 0 amide bonds. The molecule has 0 saturated carbocycles. The van der Waals surface area contributed by atoms with Crippen molar-refractivity contribution in [2.24, 2.45) is 0 Å². The largest absolute Gasteiger partial charge is 0.296 e. The number of sulfonamides is 1. The number of piperazine rings is 1. The molecule has 24 heavy (non-hydrogen) atoms. The molecule has 0 spiro atoms. The van der Waals surface area contributed by atoms with Crippen LogP contribution in [0.15, 0.2) is 29.3 Å². The summed E-state index contributed by atoms with van der Waals surface area (Å²) in [7, 11) is -3.63. The highest BCUT2D eigenvalue weighted by molar-refractivity contribution is 7.89. The van der Waals surface area contributed by atoms with Crippen LogP contribution < -0.4 is 0 Å². The van der Waals surface area contributed by atoms with Crippen molar-refractivity contribution in [2.75, 3.05) is 26.2 Å². The summed E-state index contributed by atoms with van der Waals surface area (Å²) in [5.74, 6) is 0. The van der Waals surface area contributed by atoms with E-state index in [4.69, 9.17) is 23.2 Å². The van der Waals surface area contributed by atoms with Gasteiger partial charge in [0.25, 0.3) is 0 Å². The minimum absolute atomic E-state index is 0.0724. The van der Waals surface area contributed by atoms with Crippen LogP contribution in [-0.2, 0) is 16.6 Å². The molecule has 0 bridgehead atoms. The van der Waals surface area contributed by atoms with Gasteiger partial charge in [0.2, 0.25) is 10.0 Å². The second kappa shape index (κ2) is 7.27. The van der Waals surface area contributed by atoms with Crippen molar-refractivity contribution in [1.82, 2.24) is 14.2 Å². The molecule has 1 aromatic carbocycles. The zero-order valence-electron chi connectivity index (χ0n) is 13.1. The van der Waals surface area contributed by atoms with E-state index < -0.39 is 10.0 Å². The van der Waals surface area contributed by atoms with Gasteiger partial charge in [-0.1, -0.05) is 23.2 Å². The van der Waals surface area contributed by atoms with Crippen LogP contribution in [0.3, 0.4) is 0 Å². The average molecular weight is 406 g/mol. The van der Waals surface area contributed by atoms with Crippen LogP contribution in [0.2, 0.25) is 10.0 Å². The summed E-state index contributed by atoms with van der Waals surface area (Å²) in [5, 5.41) is 1.60. The maximum atomic E-state index is 12.8. The number of aryl methyl sites for hydroxylation is 1. The van der Waals surface area contributed by atoms with Gasteiger partial charge in [0.15, 0.2) is 0 Å². The zero-order chi connectivity index (χ0) is 17.3. The lowest BCUT2D eigenvalue weighted by Gasteiger charge is -2.33. The van der Waals surface area contributed by atoms with Gasteiger partial charge in [-0.15, -0.1) is 11.3 Å². The van der Waals surface area contributed by atoms with E-state index in [1.165, 1.54) is 21.3 Å². The van der Waals surface area contributed by atoms with Crippen LogP contribution in [0, 0.1) is 6.92 Å². The van der Waals surface area contributed by atoms with E-state index in [1.807, 2.05) is 13.1 Å². The Bertz CT molecular complexity index is 831. The van der Waals surface area contributed by atoms with E-state index in [9.17, 15) is 8.42 Å². The topological polar surface area (TPSA) is 53.5 Å². The van der Waals surface area contributed by atoms with Crippen molar-refractivity contribution < 1.29 is 8.42 Å². The number of hydrogen-bond acceptors (Lipinski definition) is 5. The summed E-state index contributed by atoms with van der Waals surface area (Å²) < 4.78 is 27.0. The lowest BCUT2D eigenvalue weighted by Crippen LogP contribution is -2.48. The molecule has 0 aliphatic carbocycles. The number of thiazole rings is 1. The Morgan fingerprint density at radius 1 is 1.21 bits per heavy atom. The summed E-state index contributed by atoms with van der Waals surface area (Å²) in [6.07, 6.45) is 1.88. The van der Waals surface area contributed by atoms with Gasteiger partial charge >= 0.3 is 0 Å². The maximum absolute atomic E-state index is 12.8. The molecule has 1 saturated heterocycles. The van der Waals surface area contributed by atoms with E-state index >= 15 is 0 Å². The van der Waals surface area contributed by atoms with Crippen molar-refractivity contribution in [3.63, 3.8) is 0 Å². The van der Waals surface area contributed by atoms with Gasteiger partial charge in [-0.3, -0.25) is 4.90 Å². The van der Waals surface area contributed by atoms with Crippen molar-refractivity contribution in [1.29, 1.82) is 0 Å². The number of halogens is 2. The third kappa shape index (κ3) is 3.92. The van der Waals surface area contributed by atoms with Crippen LogP contribution in [-0.4, -0.2) is 48.8 Å². The molecule has 5 nitrogen and oxygen atoms in total. The number of benzene rings is 1. The van der Waals surface area contributed by atoms with Crippen LogP contribution >= 0.6 is 34.5 Å². The monoisotopic (exact) mass is 405 g/mol. The quantitative estimate of drug-likeness (QED) is 0.782. The molecule has 130 valence electrons. The van der Waals surface area contributed by atoms with E-state index in [1.54, 1.807) is 17.4 Å². The Hall–Kier alpha value is -0.700. The summed E-state index contributed by atoms with van der Waals surface area (Å²) in [5.41, 5.74) is 0. The van der Waals surface area contributed by atoms with Crippen LogP contribution in [0.25, 0.3) is 0 Å². The fourth-order valence-electron chi connectivity index (χ4n) is 2.64. The van der Waals surface area contributed by atoms with E-state index in [0.29, 0.717) is 31.2 Å².